The molecule has 370 valence electrons. The van der Waals surface area contributed by atoms with Crippen LogP contribution in [-0.4, -0.2) is 34.9 Å². The van der Waals surface area contributed by atoms with E-state index in [1.807, 2.05) is 6.08 Å². The van der Waals surface area contributed by atoms with Gasteiger partial charge in [0.1, 0.15) is 0 Å². The van der Waals surface area contributed by atoms with Crippen LogP contribution in [0.15, 0.2) is 85.1 Å². The van der Waals surface area contributed by atoms with Crippen LogP contribution in [-0.2, 0) is 4.79 Å². The normalized spacial score (nSPS) is 13.5. The fraction of sp³-hybridized carbons (Fsp3) is 0.750. The first-order valence-electron chi connectivity index (χ1n) is 27.8. The van der Waals surface area contributed by atoms with Gasteiger partial charge < -0.3 is 15.5 Å². The highest BCUT2D eigenvalue weighted by atomic mass is 16.3. The van der Waals surface area contributed by atoms with Crippen molar-refractivity contribution in [1.82, 2.24) is 5.32 Å². The van der Waals surface area contributed by atoms with Crippen molar-refractivity contribution in [3.8, 4) is 0 Å². The number of allylic oxidation sites excluding steroid dienone is 13. The zero-order valence-electron chi connectivity index (χ0n) is 42.5. The fourth-order valence-corrected chi connectivity index (χ4v) is 8.16. The SMILES string of the molecule is CC/C=C\C/C=C\C/C=C\C/C=C\C/C=C\CCCCCCCCCCCCCCCC(=O)NC(CO)C(O)/C=C/CC/C=C/CCCCCCCCCCCCCCCCCCC. The van der Waals surface area contributed by atoms with E-state index in [4.69, 9.17) is 0 Å². The van der Waals surface area contributed by atoms with Crippen LogP contribution in [0.5, 0.6) is 0 Å². The van der Waals surface area contributed by atoms with Gasteiger partial charge in [0.2, 0.25) is 5.91 Å². The number of nitrogens with one attached hydrogen (secondary N) is 1. The predicted molar refractivity (Wildman–Crippen MR) is 285 cm³/mol. The summed E-state index contributed by atoms with van der Waals surface area (Å²) in [5.41, 5.74) is 0. The average molecular weight is 891 g/mol. The van der Waals surface area contributed by atoms with Crippen molar-refractivity contribution < 1.29 is 15.0 Å². The molecule has 0 fully saturated rings. The zero-order chi connectivity index (χ0) is 46.3. The topological polar surface area (TPSA) is 69.6 Å². The van der Waals surface area contributed by atoms with Crippen LogP contribution < -0.4 is 5.32 Å². The van der Waals surface area contributed by atoms with Crippen molar-refractivity contribution in [3.05, 3.63) is 85.1 Å². The maximum atomic E-state index is 12.5. The third-order valence-electron chi connectivity index (χ3n) is 12.4. The number of carbonyl (C=O) groups is 1. The third kappa shape index (κ3) is 50.6. The van der Waals surface area contributed by atoms with E-state index in [2.05, 4.69) is 92.1 Å². The van der Waals surface area contributed by atoms with Crippen molar-refractivity contribution in [3.63, 3.8) is 0 Å². The molecule has 0 bridgehead atoms. The Balaban J connectivity index is 3.56. The van der Waals surface area contributed by atoms with E-state index < -0.39 is 12.1 Å². The second kappa shape index (κ2) is 54.9. The minimum Gasteiger partial charge on any atom is -0.394 e. The summed E-state index contributed by atoms with van der Waals surface area (Å²) in [6.07, 6.45) is 80.2. The minimum atomic E-state index is -0.868. The first-order valence-corrected chi connectivity index (χ1v) is 27.8. The van der Waals surface area contributed by atoms with Crippen LogP contribution in [0.25, 0.3) is 0 Å². The van der Waals surface area contributed by atoms with Crippen molar-refractivity contribution in [2.24, 2.45) is 0 Å². The number of carbonyl (C=O) groups excluding carboxylic acids is 1. The summed E-state index contributed by atoms with van der Waals surface area (Å²) in [6, 6.07) is -0.645. The van der Waals surface area contributed by atoms with E-state index in [1.165, 1.54) is 186 Å². The van der Waals surface area contributed by atoms with Gasteiger partial charge in [-0.25, -0.2) is 0 Å². The summed E-state index contributed by atoms with van der Waals surface area (Å²) in [5.74, 6) is -0.0760. The van der Waals surface area contributed by atoms with Gasteiger partial charge >= 0.3 is 0 Å². The van der Waals surface area contributed by atoms with Gasteiger partial charge in [-0.3, -0.25) is 4.79 Å². The van der Waals surface area contributed by atoms with Crippen LogP contribution in [0, 0.1) is 0 Å². The molecule has 0 aromatic carbocycles. The van der Waals surface area contributed by atoms with Gasteiger partial charge in [0, 0.05) is 6.42 Å². The lowest BCUT2D eigenvalue weighted by molar-refractivity contribution is -0.123. The first-order chi connectivity index (χ1) is 31.7. The van der Waals surface area contributed by atoms with Gasteiger partial charge in [-0.1, -0.05) is 272 Å². The molecule has 2 atom stereocenters. The van der Waals surface area contributed by atoms with Gasteiger partial charge in [-0.05, 0) is 77.0 Å². The van der Waals surface area contributed by atoms with Crippen molar-refractivity contribution in [2.45, 2.75) is 283 Å². The first kappa shape index (κ1) is 61.6. The molecule has 0 rings (SSSR count). The summed E-state index contributed by atoms with van der Waals surface area (Å²) >= 11 is 0. The Bertz CT molecular complexity index is 1150. The molecule has 0 spiro atoms. The molecule has 0 saturated heterocycles. The number of hydrogen-bond acceptors (Lipinski definition) is 3. The predicted octanol–water partition coefficient (Wildman–Crippen LogP) is 18.4. The number of unbranched alkanes of at least 4 members (excludes halogenated alkanes) is 31. The summed E-state index contributed by atoms with van der Waals surface area (Å²) in [4.78, 5) is 12.5. The highest BCUT2D eigenvalue weighted by molar-refractivity contribution is 5.76. The summed E-state index contributed by atoms with van der Waals surface area (Å²) < 4.78 is 0. The zero-order valence-corrected chi connectivity index (χ0v) is 42.5. The van der Waals surface area contributed by atoms with E-state index in [0.29, 0.717) is 6.42 Å². The molecule has 4 heteroatoms. The molecule has 64 heavy (non-hydrogen) atoms. The largest absolute Gasteiger partial charge is 0.394 e. The molecule has 4 nitrogen and oxygen atoms in total. The Morgan fingerprint density at radius 2 is 0.703 bits per heavy atom. The van der Waals surface area contributed by atoms with Gasteiger partial charge in [0.05, 0.1) is 18.8 Å². The quantitative estimate of drug-likeness (QED) is 0.0421. The lowest BCUT2D eigenvalue weighted by atomic mass is 10.0. The standard InChI is InChI=1S/C60H107NO3/c1-3-5-7-9-11-13-15-17-19-21-23-25-27-28-29-30-31-32-34-36-38-40-42-44-46-48-50-52-54-56-60(64)61-58(57-62)59(63)55-53-51-49-47-45-43-41-39-37-35-33-26-24-22-20-18-16-14-12-10-8-6-4-2/h5,7,11,13,17,19,23,25,28-29,45,47,53,55,58-59,62-63H,3-4,6,8-10,12,14-16,18,20-22,24,26-27,30-44,46,48-52,54,56-57H2,1-2H3,(H,61,64)/b7-5-,13-11-,19-17-,25-23-,29-28-,47-45+,55-53+. The van der Waals surface area contributed by atoms with E-state index in [-0.39, 0.29) is 12.5 Å². The maximum Gasteiger partial charge on any atom is 0.220 e. The second-order valence-corrected chi connectivity index (χ2v) is 18.6. The summed E-state index contributed by atoms with van der Waals surface area (Å²) in [7, 11) is 0. The van der Waals surface area contributed by atoms with Crippen LogP contribution in [0.1, 0.15) is 271 Å². The van der Waals surface area contributed by atoms with Crippen molar-refractivity contribution >= 4 is 5.91 Å². The number of aliphatic hydroxyl groups is 2. The Hall–Kier alpha value is -2.43. The molecule has 0 heterocycles. The van der Waals surface area contributed by atoms with Crippen LogP contribution in [0.4, 0.5) is 0 Å². The lowest BCUT2D eigenvalue weighted by Crippen LogP contribution is -2.45. The minimum absolute atomic E-state index is 0.0760. The van der Waals surface area contributed by atoms with Crippen LogP contribution in [0.2, 0.25) is 0 Å². The molecular formula is C60H107NO3. The van der Waals surface area contributed by atoms with E-state index in [9.17, 15) is 15.0 Å². The molecular weight excluding hydrogens is 783 g/mol. The Morgan fingerprint density at radius 1 is 0.391 bits per heavy atom. The maximum absolute atomic E-state index is 12.5. The molecule has 2 unspecified atom stereocenters. The van der Waals surface area contributed by atoms with Gasteiger partial charge in [-0.15, -0.1) is 0 Å². The Kier molecular flexibility index (Phi) is 52.8. The number of rotatable bonds is 50. The summed E-state index contributed by atoms with van der Waals surface area (Å²) in [5, 5.41) is 23.1. The van der Waals surface area contributed by atoms with Crippen LogP contribution in [0.3, 0.4) is 0 Å². The molecule has 0 aliphatic heterocycles. The Labute approximate surface area is 399 Å². The van der Waals surface area contributed by atoms with Crippen molar-refractivity contribution in [1.29, 1.82) is 0 Å². The average Bonchev–Trinajstić information content (AvgIpc) is 3.30. The van der Waals surface area contributed by atoms with Gasteiger partial charge in [0.15, 0.2) is 0 Å². The van der Waals surface area contributed by atoms with E-state index in [1.54, 1.807) is 6.08 Å². The third-order valence-corrected chi connectivity index (χ3v) is 12.4. The lowest BCUT2D eigenvalue weighted by Gasteiger charge is -2.19. The van der Waals surface area contributed by atoms with Crippen molar-refractivity contribution in [2.75, 3.05) is 6.61 Å². The second-order valence-electron chi connectivity index (χ2n) is 18.6. The highest BCUT2D eigenvalue weighted by Crippen LogP contribution is 2.16. The van der Waals surface area contributed by atoms with E-state index in [0.717, 1.165) is 64.2 Å². The van der Waals surface area contributed by atoms with Gasteiger partial charge in [-0.2, -0.15) is 0 Å². The van der Waals surface area contributed by atoms with E-state index >= 15 is 0 Å². The number of amides is 1. The molecule has 0 aromatic rings. The molecule has 1 amide bonds. The molecule has 0 aromatic heterocycles. The summed E-state index contributed by atoms with van der Waals surface area (Å²) in [6.45, 7) is 4.20. The monoisotopic (exact) mass is 890 g/mol. The Morgan fingerprint density at radius 3 is 1.09 bits per heavy atom. The van der Waals surface area contributed by atoms with Crippen LogP contribution >= 0.6 is 0 Å². The number of aliphatic hydroxyl groups excluding tert-OH is 2. The highest BCUT2D eigenvalue weighted by Gasteiger charge is 2.18. The molecule has 0 radical (unpaired) electrons. The molecule has 0 aliphatic rings. The molecule has 3 N–H and O–H groups in total. The van der Waals surface area contributed by atoms with Gasteiger partial charge in [0.25, 0.3) is 0 Å². The smallest absolute Gasteiger partial charge is 0.220 e. The molecule has 0 saturated carbocycles. The molecule has 0 aliphatic carbocycles. The fourth-order valence-electron chi connectivity index (χ4n) is 8.16. The number of hydrogen-bond donors (Lipinski definition) is 3.